The van der Waals surface area contributed by atoms with Crippen LogP contribution in [-0.4, -0.2) is 72.3 Å². The van der Waals surface area contributed by atoms with Crippen LogP contribution in [0.3, 0.4) is 0 Å². The molecule has 0 aromatic heterocycles. The third-order valence-electron chi connectivity index (χ3n) is 13.8. The summed E-state index contributed by atoms with van der Waals surface area (Å²) < 4.78 is 50.8. The second kappa shape index (κ2) is 17.5. The molecule has 2 saturated heterocycles. The van der Waals surface area contributed by atoms with E-state index in [0.717, 1.165) is 50.9 Å². The van der Waals surface area contributed by atoms with Gasteiger partial charge < -0.3 is 10.2 Å². The maximum atomic E-state index is 11.6. The normalized spacial score (nSPS) is 25.1. The van der Waals surface area contributed by atoms with Crippen molar-refractivity contribution in [2.75, 3.05) is 60.0 Å². The number of hydrogen-bond acceptors (Lipinski definition) is 6. The average Bonchev–Trinajstić information content (AvgIpc) is 3.68. The van der Waals surface area contributed by atoms with E-state index in [4.69, 9.17) is 0 Å². The third-order valence-corrected chi connectivity index (χ3v) is 15.4. The second-order valence-electron chi connectivity index (χ2n) is 17.9. The van der Waals surface area contributed by atoms with Gasteiger partial charge in [0.05, 0.1) is 12.5 Å². The summed E-state index contributed by atoms with van der Waals surface area (Å²) in [5, 5.41) is 9.69. The first-order valence-corrected chi connectivity index (χ1v) is 26.2. The highest BCUT2D eigenvalue weighted by Gasteiger charge is 2.65. The summed E-state index contributed by atoms with van der Waals surface area (Å²) in [6, 6.07) is 46.2. The molecular formula is C50H57BrN4O4S2. The van der Waals surface area contributed by atoms with E-state index in [2.05, 4.69) is 147 Å². The molecule has 4 unspecified atom stereocenters. The van der Waals surface area contributed by atoms with Gasteiger partial charge in [-0.05, 0) is 118 Å². The van der Waals surface area contributed by atoms with Gasteiger partial charge in [-0.3, -0.25) is 9.44 Å². The van der Waals surface area contributed by atoms with Crippen LogP contribution < -0.4 is 14.8 Å². The lowest BCUT2D eigenvalue weighted by atomic mass is 9.92. The summed E-state index contributed by atoms with van der Waals surface area (Å²) in [5.41, 5.74) is 7.00. The molecule has 6 aromatic rings. The molecule has 10 rings (SSSR count). The molecule has 0 radical (unpaired) electrons. The number of alkyl halides is 1. The number of hydrogen-bond donors (Lipinski definition) is 3. The van der Waals surface area contributed by atoms with E-state index in [0.29, 0.717) is 35.0 Å². The molecule has 4 fully saturated rings. The van der Waals surface area contributed by atoms with Crippen LogP contribution >= 0.6 is 15.9 Å². The van der Waals surface area contributed by atoms with Crippen LogP contribution in [0.4, 0.5) is 11.4 Å². The molecular weight excluding hydrogens is 865 g/mol. The van der Waals surface area contributed by atoms with Crippen molar-refractivity contribution >= 4 is 68.9 Å². The second-order valence-corrected chi connectivity index (χ2v) is 22.2. The van der Waals surface area contributed by atoms with Gasteiger partial charge in [0, 0.05) is 47.2 Å². The Bertz CT molecular complexity index is 2740. The lowest BCUT2D eigenvalue weighted by molar-refractivity contribution is 0.281. The van der Waals surface area contributed by atoms with Crippen LogP contribution in [-0.2, 0) is 43.7 Å². The number of likely N-dealkylation sites (tertiary alicyclic amines) is 1. The number of halogens is 1. The predicted molar refractivity (Wildman–Crippen MR) is 257 cm³/mol. The lowest BCUT2D eigenvalue weighted by Gasteiger charge is -2.25. The molecule has 2 saturated carbocycles. The molecule has 0 amide bonds. The van der Waals surface area contributed by atoms with Gasteiger partial charge in [0.1, 0.15) is 0 Å². The molecule has 4 atom stereocenters. The molecule has 6 aromatic carbocycles. The minimum atomic E-state index is -3.25. The summed E-state index contributed by atoms with van der Waals surface area (Å²) >= 11 is 3.45. The van der Waals surface area contributed by atoms with E-state index >= 15 is 0 Å². The highest BCUT2D eigenvalue weighted by Crippen LogP contribution is 2.63. The molecule has 2 heterocycles. The van der Waals surface area contributed by atoms with Crippen LogP contribution in [0.2, 0.25) is 0 Å². The molecule has 11 heteroatoms. The van der Waals surface area contributed by atoms with Crippen LogP contribution in [0, 0.1) is 23.7 Å². The van der Waals surface area contributed by atoms with Crippen molar-refractivity contribution in [2.45, 2.75) is 37.5 Å². The summed E-state index contributed by atoms with van der Waals surface area (Å²) in [5.74, 6) is 2.71. The molecule has 2 aliphatic carbocycles. The standard InChI is InChI=1S/C25H28N2O2S.C13H18N2O2S.C12H11Br/c1-25(21-8-5-9-22(15-21)26-30(2,28)29)23-16-27(17-24(23)25)13-12-18-10-11-19-6-3-4-7-20(19)14-18;1-13(11-7-14-8-12(11)13)9-4-3-5-10(6-9)15-18(2,16)17;13-8-7-10-5-6-11-3-1-2-4-12(11)9-10/h3-11,14-15,23-24,26H,12-13,16-17H2,1-2H3;3-6,11-12,14-15H,7-8H2,1-2H3;1-6,9H,7-8H2. The molecule has 4 aliphatic rings. The number of fused-ring (bicyclic) bond motifs is 4. The Morgan fingerprint density at radius 1 is 0.574 bits per heavy atom. The minimum Gasteiger partial charge on any atom is -0.316 e. The molecule has 0 bridgehead atoms. The largest absolute Gasteiger partial charge is 0.316 e. The van der Waals surface area contributed by atoms with Crippen LogP contribution in [0.5, 0.6) is 0 Å². The Labute approximate surface area is 370 Å². The number of benzene rings is 6. The van der Waals surface area contributed by atoms with Gasteiger partial charge >= 0.3 is 0 Å². The van der Waals surface area contributed by atoms with Crippen molar-refractivity contribution in [3.05, 3.63) is 156 Å². The number of piperidine rings is 2. The van der Waals surface area contributed by atoms with Gasteiger partial charge in [-0.1, -0.05) is 139 Å². The van der Waals surface area contributed by atoms with E-state index < -0.39 is 20.0 Å². The van der Waals surface area contributed by atoms with E-state index in [9.17, 15) is 16.8 Å². The van der Waals surface area contributed by atoms with E-state index in [1.165, 1.54) is 56.3 Å². The summed E-state index contributed by atoms with van der Waals surface area (Å²) in [7, 11) is -6.45. The van der Waals surface area contributed by atoms with Crippen LogP contribution in [0.15, 0.2) is 133 Å². The monoisotopic (exact) mass is 920 g/mol. The third kappa shape index (κ3) is 9.87. The number of nitrogens with one attached hydrogen (secondary N) is 3. The minimum absolute atomic E-state index is 0.161. The van der Waals surface area contributed by atoms with Crippen molar-refractivity contribution in [1.82, 2.24) is 10.2 Å². The molecule has 2 aliphatic heterocycles. The summed E-state index contributed by atoms with van der Waals surface area (Å²) in [6.07, 6.45) is 4.55. The maximum Gasteiger partial charge on any atom is 0.229 e. The van der Waals surface area contributed by atoms with Gasteiger partial charge in [-0.2, -0.15) is 0 Å². The van der Waals surface area contributed by atoms with Gasteiger partial charge in [0.15, 0.2) is 0 Å². The summed E-state index contributed by atoms with van der Waals surface area (Å²) in [4.78, 5) is 2.59. The zero-order valence-electron chi connectivity index (χ0n) is 35.4. The van der Waals surface area contributed by atoms with E-state index in [-0.39, 0.29) is 10.8 Å². The fraction of sp³-hybridized carbons (Fsp3) is 0.360. The first-order chi connectivity index (χ1) is 29.1. The molecule has 3 N–H and O–H groups in total. The highest BCUT2D eigenvalue weighted by atomic mass is 79.9. The average molecular weight is 922 g/mol. The van der Waals surface area contributed by atoms with Crippen molar-refractivity contribution in [2.24, 2.45) is 23.7 Å². The van der Waals surface area contributed by atoms with E-state index in [1.54, 1.807) is 6.07 Å². The zero-order chi connectivity index (χ0) is 43.0. The van der Waals surface area contributed by atoms with Gasteiger partial charge in [-0.25, -0.2) is 16.8 Å². The Morgan fingerprint density at radius 2 is 1.02 bits per heavy atom. The number of sulfonamides is 2. The number of aryl methyl sites for hydroxylation is 1. The topological polar surface area (TPSA) is 108 Å². The van der Waals surface area contributed by atoms with Crippen molar-refractivity contribution in [1.29, 1.82) is 0 Å². The molecule has 8 nitrogen and oxygen atoms in total. The lowest BCUT2D eigenvalue weighted by Crippen LogP contribution is -2.30. The van der Waals surface area contributed by atoms with Crippen LogP contribution in [0.1, 0.15) is 36.1 Å². The Balaban J connectivity index is 0.000000140. The first kappa shape index (κ1) is 43.4. The zero-order valence-corrected chi connectivity index (χ0v) is 38.7. The quantitative estimate of drug-likeness (QED) is 0.112. The predicted octanol–water partition coefficient (Wildman–Crippen LogP) is 9.22. The first-order valence-electron chi connectivity index (χ1n) is 21.2. The number of rotatable bonds is 11. The van der Waals surface area contributed by atoms with E-state index in [1.807, 2.05) is 30.3 Å². The number of anilines is 2. The number of nitrogens with zero attached hydrogens (tertiary/aromatic N) is 1. The molecule has 320 valence electrons. The Morgan fingerprint density at radius 3 is 1.48 bits per heavy atom. The van der Waals surface area contributed by atoms with Crippen molar-refractivity contribution < 1.29 is 16.8 Å². The van der Waals surface area contributed by atoms with Gasteiger partial charge in [0.2, 0.25) is 20.0 Å². The fourth-order valence-electron chi connectivity index (χ4n) is 10.3. The van der Waals surface area contributed by atoms with Crippen LogP contribution in [0.25, 0.3) is 21.5 Å². The maximum absolute atomic E-state index is 11.6. The smallest absolute Gasteiger partial charge is 0.229 e. The molecule has 0 spiro atoms. The van der Waals surface area contributed by atoms with Gasteiger partial charge in [-0.15, -0.1) is 0 Å². The summed E-state index contributed by atoms with van der Waals surface area (Å²) in [6.45, 7) is 10.1. The Hall–Kier alpha value is -4.26. The Kier molecular flexibility index (Phi) is 12.4. The SMILES string of the molecule is BrCCc1ccc2ccccc2c1.CC1(c2cccc(NS(C)(=O)=O)c2)C2CN(CCc3ccc4ccccc4c3)CC21.CC1(c2cccc(NS(C)(=O)=O)c2)C2CNCC21. The fourth-order valence-corrected chi connectivity index (χ4v) is 11.8. The van der Waals surface area contributed by atoms with Crippen molar-refractivity contribution in [3.63, 3.8) is 0 Å². The molecule has 61 heavy (non-hydrogen) atoms. The van der Waals surface area contributed by atoms with Crippen molar-refractivity contribution in [3.8, 4) is 0 Å². The van der Waals surface area contributed by atoms with Gasteiger partial charge in [0.25, 0.3) is 0 Å². The highest BCUT2D eigenvalue weighted by molar-refractivity contribution is 9.09.